The molecule has 1 nitrogen and oxygen atoms in total. The molecule has 0 spiro atoms. The summed E-state index contributed by atoms with van der Waals surface area (Å²) in [7, 11) is 1.96. The third-order valence-electron chi connectivity index (χ3n) is 2.52. The van der Waals surface area contributed by atoms with Gasteiger partial charge in [-0.25, -0.2) is 0 Å². The zero-order valence-electron chi connectivity index (χ0n) is 9.38. The van der Waals surface area contributed by atoms with E-state index in [-0.39, 0.29) is 0 Å². The van der Waals surface area contributed by atoms with E-state index in [9.17, 15) is 0 Å². The molecule has 1 heterocycles. The second-order valence-corrected chi connectivity index (χ2v) is 5.50. The number of thiophene rings is 1. The van der Waals surface area contributed by atoms with Gasteiger partial charge < -0.3 is 5.32 Å². The van der Waals surface area contributed by atoms with Crippen LogP contribution < -0.4 is 5.32 Å². The molecule has 0 radical (unpaired) electrons. The molecule has 16 heavy (non-hydrogen) atoms. The molecular weight excluding hydrogens is 238 g/mol. The van der Waals surface area contributed by atoms with Gasteiger partial charge in [0.25, 0.3) is 0 Å². The quantitative estimate of drug-likeness (QED) is 0.866. The van der Waals surface area contributed by atoms with E-state index in [1.807, 2.05) is 13.1 Å². The van der Waals surface area contributed by atoms with Crippen LogP contribution in [0.5, 0.6) is 0 Å². The topological polar surface area (TPSA) is 12.0 Å². The summed E-state index contributed by atoms with van der Waals surface area (Å²) in [6.07, 6.45) is 0. The van der Waals surface area contributed by atoms with Crippen LogP contribution >= 0.6 is 22.9 Å². The van der Waals surface area contributed by atoms with E-state index in [0.29, 0.717) is 0 Å². The van der Waals surface area contributed by atoms with Crippen LogP contribution in [0.1, 0.15) is 11.1 Å². The Morgan fingerprint density at radius 1 is 1.25 bits per heavy atom. The van der Waals surface area contributed by atoms with E-state index in [4.69, 9.17) is 11.6 Å². The van der Waals surface area contributed by atoms with Crippen LogP contribution in [-0.2, 0) is 6.54 Å². The van der Waals surface area contributed by atoms with Gasteiger partial charge in [0.05, 0.1) is 4.34 Å². The van der Waals surface area contributed by atoms with E-state index in [1.54, 1.807) is 11.3 Å². The Bertz CT molecular complexity index is 490. The summed E-state index contributed by atoms with van der Waals surface area (Å²) in [6.45, 7) is 3.03. The van der Waals surface area contributed by atoms with Crippen LogP contribution in [0.3, 0.4) is 0 Å². The van der Waals surface area contributed by atoms with Gasteiger partial charge in [0.2, 0.25) is 0 Å². The summed E-state index contributed by atoms with van der Waals surface area (Å²) in [6, 6.07) is 10.6. The summed E-state index contributed by atoms with van der Waals surface area (Å²) in [4.78, 5) is 1.24. The number of nitrogens with one attached hydrogen (secondary N) is 1. The summed E-state index contributed by atoms with van der Waals surface area (Å²) in [5.74, 6) is 0. The molecule has 3 heteroatoms. The predicted molar refractivity (Wildman–Crippen MR) is 72.3 cm³/mol. The van der Waals surface area contributed by atoms with Crippen molar-refractivity contribution in [3.63, 3.8) is 0 Å². The largest absolute Gasteiger partial charge is 0.316 e. The van der Waals surface area contributed by atoms with Gasteiger partial charge in [-0.15, -0.1) is 11.3 Å². The van der Waals surface area contributed by atoms with Crippen LogP contribution in [-0.4, -0.2) is 7.05 Å². The molecule has 0 saturated carbocycles. The third kappa shape index (κ3) is 2.46. The van der Waals surface area contributed by atoms with Crippen LogP contribution in [0, 0.1) is 6.92 Å². The molecule has 2 aromatic rings. The van der Waals surface area contributed by atoms with Gasteiger partial charge in [0, 0.05) is 11.4 Å². The molecule has 0 atom stereocenters. The highest BCUT2D eigenvalue weighted by Gasteiger charge is 2.05. The summed E-state index contributed by atoms with van der Waals surface area (Å²) in [5.41, 5.74) is 3.87. The first-order valence-electron chi connectivity index (χ1n) is 5.20. The second-order valence-electron chi connectivity index (χ2n) is 3.78. The van der Waals surface area contributed by atoms with E-state index in [2.05, 4.69) is 36.5 Å². The van der Waals surface area contributed by atoms with Gasteiger partial charge in [-0.3, -0.25) is 0 Å². The first-order chi connectivity index (χ1) is 7.70. The Kier molecular flexibility index (Phi) is 3.64. The van der Waals surface area contributed by atoms with Crippen molar-refractivity contribution in [1.29, 1.82) is 0 Å². The smallest absolute Gasteiger partial charge is 0.0934 e. The van der Waals surface area contributed by atoms with E-state index in [0.717, 1.165) is 10.9 Å². The fourth-order valence-electron chi connectivity index (χ4n) is 1.71. The molecule has 1 aromatic carbocycles. The standard InChI is InChI=1S/C13H14ClNS/c1-9-3-4-10(8-15-2)7-11(9)12-5-6-13(14)16-12/h3-7,15H,8H2,1-2H3. The average Bonchev–Trinajstić information content (AvgIpc) is 2.68. The Labute approximate surface area is 105 Å². The highest BCUT2D eigenvalue weighted by Crippen LogP contribution is 2.33. The molecule has 0 aliphatic heterocycles. The van der Waals surface area contributed by atoms with Crippen molar-refractivity contribution in [2.45, 2.75) is 13.5 Å². The summed E-state index contributed by atoms with van der Waals surface area (Å²) >= 11 is 7.60. The molecular formula is C13H14ClNS. The highest BCUT2D eigenvalue weighted by molar-refractivity contribution is 7.19. The zero-order chi connectivity index (χ0) is 11.5. The Morgan fingerprint density at radius 2 is 2.06 bits per heavy atom. The van der Waals surface area contributed by atoms with Crippen molar-refractivity contribution in [3.8, 4) is 10.4 Å². The van der Waals surface area contributed by atoms with Gasteiger partial charge in [0.1, 0.15) is 0 Å². The maximum Gasteiger partial charge on any atom is 0.0934 e. The summed E-state index contributed by atoms with van der Waals surface area (Å²) in [5, 5.41) is 3.16. The van der Waals surface area contributed by atoms with Gasteiger partial charge >= 0.3 is 0 Å². The Hall–Kier alpha value is -0.830. The predicted octanol–water partition coefficient (Wildman–Crippen LogP) is 4.10. The molecule has 2 rings (SSSR count). The van der Waals surface area contributed by atoms with E-state index < -0.39 is 0 Å². The van der Waals surface area contributed by atoms with Crippen molar-refractivity contribution >= 4 is 22.9 Å². The summed E-state index contributed by atoms with van der Waals surface area (Å²) < 4.78 is 0.841. The third-order valence-corrected chi connectivity index (χ3v) is 3.79. The normalized spacial score (nSPS) is 10.7. The van der Waals surface area contributed by atoms with Gasteiger partial charge in [-0.1, -0.05) is 23.7 Å². The lowest BCUT2D eigenvalue weighted by atomic mass is 10.0. The number of hydrogen-bond acceptors (Lipinski definition) is 2. The molecule has 1 N–H and O–H groups in total. The maximum atomic E-state index is 5.97. The lowest BCUT2D eigenvalue weighted by Gasteiger charge is -2.07. The monoisotopic (exact) mass is 251 g/mol. The van der Waals surface area contributed by atoms with E-state index >= 15 is 0 Å². The average molecular weight is 252 g/mol. The van der Waals surface area contributed by atoms with Crippen molar-refractivity contribution < 1.29 is 0 Å². The van der Waals surface area contributed by atoms with Crippen molar-refractivity contribution in [3.05, 3.63) is 45.8 Å². The van der Waals surface area contributed by atoms with Gasteiger partial charge in [0.15, 0.2) is 0 Å². The second kappa shape index (κ2) is 5.00. The maximum absolute atomic E-state index is 5.97. The zero-order valence-corrected chi connectivity index (χ0v) is 11.0. The Morgan fingerprint density at radius 3 is 2.69 bits per heavy atom. The molecule has 0 saturated heterocycles. The Balaban J connectivity index is 2.42. The lowest BCUT2D eigenvalue weighted by Crippen LogP contribution is -2.05. The van der Waals surface area contributed by atoms with Crippen LogP contribution in [0.4, 0.5) is 0 Å². The molecule has 0 amide bonds. The lowest BCUT2D eigenvalue weighted by molar-refractivity contribution is 0.818. The fourth-order valence-corrected chi connectivity index (χ4v) is 2.83. The van der Waals surface area contributed by atoms with Crippen LogP contribution in [0.15, 0.2) is 30.3 Å². The van der Waals surface area contributed by atoms with Gasteiger partial charge in [-0.05, 0) is 48.9 Å². The number of hydrogen-bond donors (Lipinski definition) is 1. The van der Waals surface area contributed by atoms with Crippen LogP contribution in [0.2, 0.25) is 4.34 Å². The molecule has 0 aliphatic carbocycles. The van der Waals surface area contributed by atoms with Crippen molar-refractivity contribution in [2.24, 2.45) is 0 Å². The molecule has 0 unspecified atom stereocenters. The SMILES string of the molecule is CNCc1ccc(C)c(-c2ccc(Cl)s2)c1. The van der Waals surface area contributed by atoms with Crippen LogP contribution in [0.25, 0.3) is 10.4 Å². The highest BCUT2D eigenvalue weighted by atomic mass is 35.5. The molecule has 1 aromatic heterocycles. The minimum Gasteiger partial charge on any atom is -0.316 e. The minimum absolute atomic E-state index is 0.841. The van der Waals surface area contributed by atoms with Crippen molar-refractivity contribution in [2.75, 3.05) is 7.05 Å². The number of benzene rings is 1. The number of rotatable bonds is 3. The molecule has 0 bridgehead atoms. The van der Waals surface area contributed by atoms with Crippen molar-refractivity contribution in [1.82, 2.24) is 5.32 Å². The first kappa shape index (κ1) is 11.6. The molecule has 84 valence electrons. The number of halogens is 1. The first-order valence-corrected chi connectivity index (χ1v) is 6.40. The molecule has 0 fully saturated rings. The minimum atomic E-state index is 0.841. The molecule has 0 aliphatic rings. The number of aryl methyl sites for hydroxylation is 1. The fraction of sp³-hybridized carbons (Fsp3) is 0.231. The van der Waals surface area contributed by atoms with E-state index in [1.165, 1.54) is 21.6 Å². The van der Waals surface area contributed by atoms with Gasteiger partial charge in [-0.2, -0.15) is 0 Å².